The lowest BCUT2D eigenvalue weighted by atomic mass is 10.0. The van der Waals surface area contributed by atoms with E-state index < -0.39 is 6.30 Å². The molecule has 0 saturated heterocycles. The fourth-order valence-electron chi connectivity index (χ4n) is 3.70. The third-order valence-electron chi connectivity index (χ3n) is 5.41. The zero-order chi connectivity index (χ0) is 20.0. The first kappa shape index (κ1) is 18.1. The first-order valence-corrected chi connectivity index (χ1v) is 10.0. The summed E-state index contributed by atoms with van der Waals surface area (Å²) < 4.78 is 16.4. The van der Waals surface area contributed by atoms with Crippen molar-refractivity contribution in [1.82, 2.24) is 15.1 Å². The van der Waals surface area contributed by atoms with Gasteiger partial charge >= 0.3 is 0 Å². The van der Waals surface area contributed by atoms with E-state index in [9.17, 15) is 4.79 Å². The van der Waals surface area contributed by atoms with Crippen molar-refractivity contribution in [3.05, 3.63) is 93.0 Å². The molecule has 0 radical (unpaired) electrons. The van der Waals surface area contributed by atoms with Crippen molar-refractivity contribution >= 4 is 27.9 Å². The maximum Gasteiger partial charge on any atom is 0.274 e. The molecule has 5 rings (SSSR count). The summed E-state index contributed by atoms with van der Waals surface area (Å²) >= 11 is 5.96. The van der Waals surface area contributed by atoms with Crippen LogP contribution in [0.4, 0.5) is 4.39 Å². The number of alkyl halides is 1. The van der Waals surface area contributed by atoms with Gasteiger partial charge in [-0.2, -0.15) is 5.10 Å². The van der Waals surface area contributed by atoms with Crippen LogP contribution < -0.4 is 10.9 Å². The summed E-state index contributed by atoms with van der Waals surface area (Å²) in [5.74, 6) is 0.439. The maximum absolute atomic E-state index is 15.0. The summed E-state index contributed by atoms with van der Waals surface area (Å²) in [6.45, 7) is 0.286. The standard InChI is InChI=1S/C23H19ClFN3O/c24-16-9-5-14(6-10-16)13-28-23(29)18-4-2-1-3-17(18)21(27-28)19-11-12-20(15-7-8-15)26-22(19)25/h1-6,9-12,15,22,26H,7-8,13H2. The zero-order valence-corrected chi connectivity index (χ0v) is 16.4. The fraction of sp³-hybridized carbons (Fsp3) is 0.217. The predicted molar refractivity (Wildman–Crippen MR) is 113 cm³/mol. The van der Waals surface area contributed by atoms with E-state index in [0.29, 0.717) is 33.0 Å². The number of fused-ring (bicyclic) bond motifs is 1. The van der Waals surface area contributed by atoms with E-state index in [0.717, 1.165) is 24.1 Å². The van der Waals surface area contributed by atoms with Crippen LogP contribution in [-0.4, -0.2) is 16.1 Å². The van der Waals surface area contributed by atoms with Crippen LogP contribution in [0, 0.1) is 5.92 Å². The molecule has 0 bridgehead atoms. The molecule has 1 aliphatic carbocycles. The Morgan fingerprint density at radius 1 is 1.07 bits per heavy atom. The minimum Gasteiger partial charge on any atom is -0.355 e. The lowest BCUT2D eigenvalue weighted by Gasteiger charge is -2.22. The number of hydrogen-bond donors (Lipinski definition) is 1. The molecule has 1 atom stereocenters. The Labute approximate surface area is 172 Å². The van der Waals surface area contributed by atoms with Crippen molar-refractivity contribution in [2.24, 2.45) is 5.92 Å². The van der Waals surface area contributed by atoms with Gasteiger partial charge in [-0.3, -0.25) is 4.79 Å². The molecule has 1 N–H and O–H groups in total. The van der Waals surface area contributed by atoms with Gasteiger partial charge in [0, 0.05) is 21.7 Å². The number of benzene rings is 2. The Kier molecular flexibility index (Phi) is 4.47. The van der Waals surface area contributed by atoms with Crippen LogP contribution in [0.5, 0.6) is 0 Å². The molecule has 2 aromatic carbocycles. The lowest BCUT2D eigenvalue weighted by Crippen LogP contribution is -2.31. The summed E-state index contributed by atoms with van der Waals surface area (Å²) in [5, 5.41) is 9.35. The van der Waals surface area contributed by atoms with Gasteiger partial charge in [-0.1, -0.05) is 48.0 Å². The van der Waals surface area contributed by atoms with Gasteiger partial charge in [-0.15, -0.1) is 0 Å². The van der Waals surface area contributed by atoms with E-state index in [-0.39, 0.29) is 12.1 Å². The Morgan fingerprint density at radius 3 is 2.48 bits per heavy atom. The van der Waals surface area contributed by atoms with Crippen molar-refractivity contribution in [2.45, 2.75) is 25.7 Å². The second kappa shape index (κ2) is 7.16. The van der Waals surface area contributed by atoms with E-state index in [2.05, 4.69) is 10.4 Å². The number of aromatic nitrogens is 2. The summed E-state index contributed by atoms with van der Waals surface area (Å²) in [5.41, 5.74) is 2.57. The van der Waals surface area contributed by atoms with Crippen molar-refractivity contribution in [2.75, 3.05) is 0 Å². The van der Waals surface area contributed by atoms with Crippen LogP contribution in [0.3, 0.4) is 0 Å². The van der Waals surface area contributed by atoms with Crippen LogP contribution in [0.1, 0.15) is 24.1 Å². The topological polar surface area (TPSA) is 46.9 Å². The first-order chi connectivity index (χ1) is 14.1. The van der Waals surface area contributed by atoms with Gasteiger partial charge in [0.1, 0.15) is 0 Å². The number of halogens is 2. The molecule has 2 heterocycles. The van der Waals surface area contributed by atoms with Gasteiger partial charge in [0.2, 0.25) is 0 Å². The first-order valence-electron chi connectivity index (χ1n) is 9.67. The van der Waals surface area contributed by atoms with Gasteiger partial charge in [0.25, 0.3) is 5.56 Å². The molecule has 29 heavy (non-hydrogen) atoms. The fourth-order valence-corrected chi connectivity index (χ4v) is 3.83. The highest BCUT2D eigenvalue weighted by atomic mass is 35.5. The summed E-state index contributed by atoms with van der Waals surface area (Å²) in [6.07, 6.45) is 4.58. The van der Waals surface area contributed by atoms with Crippen LogP contribution in [0.2, 0.25) is 5.02 Å². The number of nitrogens with one attached hydrogen (secondary N) is 1. The molecule has 1 unspecified atom stereocenters. The normalized spacial score (nSPS) is 18.9. The quantitative estimate of drug-likeness (QED) is 0.639. The largest absolute Gasteiger partial charge is 0.355 e. The Balaban J connectivity index is 1.64. The van der Waals surface area contributed by atoms with Crippen LogP contribution in [0.25, 0.3) is 16.3 Å². The number of nitrogens with zero attached hydrogens (tertiary/aromatic N) is 2. The molecule has 3 aromatic rings. The average Bonchev–Trinajstić information content (AvgIpc) is 3.57. The number of hydrogen-bond acceptors (Lipinski definition) is 3. The molecule has 1 saturated carbocycles. The van der Waals surface area contributed by atoms with Gasteiger partial charge in [-0.05, 0) is 48.6 Å². The lowest BCUT2D eigenvalue weighted by molar-refractivity contribution is 0.360. The van der Waals surface area contributed by atoms with E-state index in [1.807, 2.05) is 36.4 Å². The highest BCUT2D eigenvalue weighted by Crippen LogP contribution is 2.38. The minimum absolute atomic E-state index is 0.201. The minimum atomic E-state index is -1.35. The average molecular weight is 408 g/mol. The second-order valence-electron chi connectivity index (χ2n) is 7.51. The monoisotopic (exact) mass is 407 g/mol. The summed E-state index contributed by atoms with van der Waals surface area (Å²) in [4.78, 5) is 13.0. The molecule has 0 spiro atoms. The number of dihydropyridines is 1. The van der Waals surface area contributed by atoms with E-state index in [4.69, 9.17) is 11.6 Å². The van der Waals surface area contributed by atoms with Gasteiger partial charge < -0.3 is 5.32 Å². The number of allylic oxidation sites excluding steroid dienone is 3. The van der Waals surface area contributed by atoms with E-state index in [1.54, 1.807) is 24.3 Å². The molecular weight excluding hydrogens is 389 g/mol. The summed E-state index contributed by atoms with van der Waals surface area (Å²) in [7, 11) is 0. The molecule has 1 fully saturated rings. The summed E-state index contributed by atoms with van der Waals surface area (Å²) in [6, 6.07) is 14.5. The molecule has 2 aliphatic rings. The highest BCUT2D eigenvalue weighted by Gasteiger charge is 2.31. The van der Waals surface area contributed by atoms with E-state index >= 15 is 4.39 Å². The third-order valence-corrected chi connectivity index (χ3v) is 5.66. The van der Waals surface area contributed by atoms with Gasteiger partial charge in [-0.25, -0.2) is 9.07 Å². The highest BCUT2D eigenvalue weighted by molar-refractivity contribution is 6.30. The molecule has 6 heteroatoms. The van der Waals surface area contributed by atoms with Crippen molar-refractivity contribution in [1.29, 1.82) is 0 Å². The molecular formula is C23H19ClFN3O. The smallest absolute Gasteiger partial charge is 0.274 e. The molecule has 0 amide bonds. The van der Waals surface area contributed by atoms with Crippen molar-refractivity contribution in [3.8, 4) is 0 Å². The second-order valence-corrected chi connectivity index (χ2v) is 7.95. The van der Waals surface area contributed by atoms with E-state index in [1.165, 1.54) is 4.68 Å². The Morgan fingerprint density at radius 2 is 1.79 bits per heavy atom. The Bertz CT molecular complexity index is 1210. The van der Waals surface area contributed by atoms with Crippen molar-refractivity contribution in [3.63, 3.8) is 0 Å². The third kappa shape index (κ3) is 3.47. The zero-order valence-electron chi connectivity index (χ0n) is 15.6. The molecule has 1 aliphatic heterocycles. The number of rotatable bonds is 4. The Hall–Kier alpha value is -2.92. The molecule has 1 aromatic heterocycles. The van der Waals surface area contributed by atoms with Crippen molar-refractivity contribution < 1.29 is 4.39 Å². The van der Waals surface area contributed by atoms with Crippen LogP contribution in [-0.2, 0) is 6.54 Å². The van der Waals surface area contributed by atoms with Crippen LogP contribution >= 0.6 is 11.6 Å². The van der Waals surface area contributed by atoms with Gasteiger partial charge in [0.05, 0.1) is 17.6 Å². The maximum atomic E-state index is 15.0. The molecule has 146 valence electrons. The van der Waals surface area contributed by atoms with Crippen LogP contribution in [0.15, 0.2) is 71.2 Å². The van der Waals surface area contributed by atoms with Gasteiger partial charge in [0.15, 0.2) is 6.30 Å². The molecule has 4 nitrogen and oxygen atoms in total. The SMILES string of the molecule is O=c1c2ccccc2c(C2=CC=C(C3CC3)NC2F)nn1Cc1ccc(Cl)cc1. The predicted octanol–water partition coefficient (Wildman–Crippen LogP) is 4.67.